The van der Waals surface area contributed by atoms with Gasteiger partial charge in [0.05, 0.1) is 0 Å². The lowest BCUT2D eigenvalue weighted by atomic mass is 9.94. The molecule has 0 unspecified atom stereocenters. The van der Waals surface area contributed by atoms with Crippen LogP contribution in [0.25, 0.3) is 0 Å². The molecule has 2 aliphatic heterocycles. The molecule has 0 aliphatic carbocycles. The van der Waals surface area contributed by atoms with Crippen LogP contribution in [-0.2, 0) is 4.79 Å². The van der Waals surface area contributed by atoms with Crippen LogP contribution in [0.1, 0.15) is 46.0 Å². The van der Waals surface area contributed by atoms with E-state index in [0.717, 1.165) is 39.0 Å². The van der Waals surface area contributed by atoms with Crippen LogP contribution < -0.4 is 0 Å². The number of piperidine rings is 2. The third kappa shape index (κ3) is 3.06. The number of likely N-dealkylation sites (tertiary alicyclic amines) is 2. The van der Waals surface area contributed by atoms with Gasteiger partial charge in [0.15, 0.2) is 0 Å². The van der Waals surface area contributed by atoms with Gasteiger partial charge in [0.2, 0.25) is 5.91 Å². The van der Waals surface area contributed by atoms with Crippen molar-refractivity contribution in [2.75, 3.05) is 26.2 Å². The van der Waals surface area contributed by atoms with Crippen molar-refractivity contribution in [2.45, 2.75) is 46.0 Å². The van der Waals surface area contributed by atoms with E-state index < -0.39 is 0 Å². The lowest BCUT2D eigenvalue weighted by Crippen LogP contribution is -2.43. The largest absolute Gasteiger partial charge is 0.375 e. The van der Waals surface area contributed by atoms with Crippen molar-refractivity contribution in [1.29, 1.82) is 0 Å². The van der Waals surface area contributed by atoms with E-state index in [9.17, 15) is 4.79 Å². The number of amides is 1. The summed E-state index contributed by atoms with van der Waals surface area (Å²) in [4.78, 5) is 16.9. The van der Waals surface area contributed by atoms with Gasteiger partial charge < -0.3 is 9.80 Å². The quantitative estimate of drug-likeness (QED) is 0.752. The van der Waals surface area contributed by atoms with Crippen molar-refractivity contribution in [1.82, 2.24) is 9.80 Å². The highest BCUT2D eigenvalue weighted by molar-refractivity contribution is 5.79. The van der Waals surface area contributed by atoms with Crippen molar-refractivity contribution in [3.8, 4) is 0 Å². The summed E-state index contributed by atoms with van der Waals surface area (Å²) in [5.41, 5.74) is 1.35. The number of nitrogens with zero attached hydrogens (tertiary/aromatic N) is 2. The van der Waals surface area contributed by atoms with E-state index in [0.29, 0.717) is 5.91 Å². The Morgan fingerprint density at radius 2 is 1.61 bits per heavy atom. The SMILES string of the molecule is CC=C(C)N1CCC(C(=O)N2CCCCC2)CC1. The molecule has 0 aromatic rings. The molecule has 0 atom stereocenters. The fourth-order valence-corrected chi connectivity index (χ4v) is 3.03. The molecule has 3 heteroatoms. The van der Waals surface area contributed by atoms with Gasteiger partial charge >= 0.3 is 0 Å². The minimum absolute atomic E-state index is 0.281. The normalized spacial score (nSPS) is 23.3. The molecule has 2 rings (SSSR count). The molecule has 0 aromatic heterocycles. The van der Waals surface area contributed by atoms with Crippen molar-refractivity contribution < 1.29 is 4.79 Å². The van der Waals surface area contributed by atoms with Crippen LogP contribution in [0.2, 0.25) is 0 Å². The fourth-order valence-electron chi connectivity index (χ4n) is 3.03. The minimum atomic E-state index is 0.281. The smallest absolute Gasteiger partial charge is 0.225 e. The lowest BCUT2D eigenvalue weighted by molar-refractivity contribution is -0.137. The summed E-state index contributed by atoms with van der Waals surface area (Å²) in [7, 11) is 0. The molecule has 2 aliphatic rings. The highest BCUT2D eigenvalue weighted by Crippen LogP contribution is 2.23. The molecule has 0 spiro atoms. The van der Waals surface area contributed by atoms with Gasteiger partial charge in [-0.3, -0.25) is 4.79 Å². The van der Waals surface area contributed by atoms with Crippen LogP contribution >= 0.6 is 0 Å². The second kappa shape index (κ2) is 6.26. The van der Waals surface area contributed by atoms with Gasteiger partial charge in [-0.2, -0.15) is 0 Å². The van der Waals surface area contributed by atoms with E-state index in [1.54, 1.807) is 0 Å². The van der Waals surface area contributed by atoms with Crippen LogP contribution in [0.4, 0.5) is 0 Å². The summed E-state index contributed by atoms with van der Waals surface area (Å²) < 4.78 is 0. The fraction of sp³-hybridized carbons (Fsp3) is 0.800. The number of carbonyl (C=O) groups is 1. The zero-order chi connectivity index (χ0) is 13.0. The number of hydrogen-bond donors (Lipinski definition) is 0. The summed E-state index contributed by atoms with van der Waals surface area (Å²) in [6.07, 6.45) is 7.90. The zero-order valence-electron chi connectivity index (χ0n) is 11.8. The molecule has 0 N–H and O–H groups in total. The summed E-state index contributed by atoms with van der Waals surface area (Å²) in [6, 6.07) is 0. The molecule has 1 amide bonds. The summed E-state index contributed by atoms with van der Waals surface area (Å²) in [5, 5.41) is 0. The van der Waals surface area contributed by atoms with Gasteiger partial charge in [-0.05, 0) is 46.0 Å². The van der Waals surface area contributed by atoms with E-state index in [2.05, 4.69) is 29.7 Å². The van der Waals surface area contributed by atoms with E-state index in [1.165, 1.54) is 25.0 Å². The first-order valence-electron chi connectivity index (χ1n) is 7.39. The molecular formula is C15H26N2O. The van der Waals surface area contributed by atoms with Gasteiger partial charge in [-0.25, -0.2) is 0 Å². The van der Waals surface area contributed by atoms with E-state index in [1.807, 2.05) is 0 Å². The molecule has 102 valence electrons. The Labute approximate surface area is 111 Å². The first-order chi connectivity index (χ1) is 8.72. The molecule has 0 radical (unpaired) electrons. The van der Waals surface area contributed by atoms with Crippen LogP contribution in [0.3, 0.4) is 0 Å². The molecule has 0 aromatic carbocycles. The highest BCUT2D eigenvalue weighted by atomic mass is 16.2. The summed E-state index contributed by atoms with van der Waals surface area (Å²) in [5.74, 6) is 0.705. The topological polar surface area (TPSA) is 23.6 Å². The first kappa shape index (κ1) is 13.4. The van der Waals surface area contributed by atoms with Crippen molar-refractivity contribution >= 4 is 5.91 Å². The minimum Gasteiger partial charge on any atom is -0.375 e. The van der Waals surface area contributed by atoms with Crippen molar-refractivity contribution in [2.24, 2.45) is 5.92 Å². The molecule has 2 fully saturated rings. The van der Waals surface area contributed by atoms with Gasteiger partial charge in [-0.15, -0.1) is 0 Å². The second-order valence-electron chi connectivity index (χ2n) is 5.58. The summed E-state index contributed by atoms with van der Waals surface area (Å²) >= 11 is 0. The zero-order valence-corrected chi connectivity index (χ0v) is 11.8. The maximum absolute atomic E-state index is 12.4. The average molecular weight is 250 g/mol. The lowest BCUT2D eigenvalue weighted by Gasteiger charge is -2.36. The van der Waals surface area contributed by atoms with Crippen LogP contribution in [-0.4, -0.2) is 41.9 Å². The number of hydrogen-bond acceptors (Lipinski definition) is 2. The maximum atomic E-state index is 12.4. The molecular weight excluding hydrogens is 224 g/mol. The van der Waals surface area contributed by atoms with Gasteiger partial charge in [0.25, 0.3) is 0 Å². The monoisotopic (exact) mass is 250 g/mol. The van der Waals surface area contributed by atoms with Gasteiger partial charge in [0.1, 0.15) is 0 Å². The molecule has 3 nitrogen and oxygen atoms in total. The molecule has 2 saturated heterocycles. The Kier molecular flexibility index (Phi) is 4.67. The Morgan fingerprint density at radius 3 is 2.17 bits per heavy atom. The third-order valence-electron chi connectivity index (χ3n) is 4.43. The first-order valence-corrected chi connectivity index (χ1v) is 7.39. The molecule has 18 heavy (non-hydrogen) atoms. The van der Waals surface area contributed by atoms with E-state index in [-0.39, 0.29) is 5.92 Å². The van der Waals surface area contributed by atoms with Crippen molar-refractivity contribution in [3.63, 3.8) is 0 Å². The van der Waals surface area contributed by atoms with Gasteiger partial charge in [-0.1, -0.05) is 6.08 Å². The standard InChI is InChI=1S/C15H26N2O/c1-3-13(2)16-11-7-14(8-12-16)15(18)17-9-5-4-6-10-17/h3,14H,4-12H2,1-2H3. The van der Waals surface area contributed by atoms with E-state index >= 15 is 0 Å². The Bertz CT molecular complexity index is 310. The molecule has 0 saturated carbocycles. The second-order valence-corrected chi connectivity index (χ2v) is 5.58. The highest BCUT2D eigenvalue weighted by Gasteiger charge is 2.28. The summed E-state index contributed by atoms with van der Waals surface area (Å²) in [6.45, 7) is 8.31. The molecule has 2 heterocycles. The number of rotatable bonds is 2. The van der Waals surface area contributed by atoms with E-state index in [4.69, 9.17) is 0 Å². The maximum Gasteiger partial charge on any atom is 0.225 e. The number of carbonyl (C=O) groups excluding carboxylic acids is 1. The Hall–Kier alpha value is -0.990. The van der Waals surface area contributed by atoms with Crippen LogP contribution in [0.5, 0.6) is 0 Å². The predicted octanol–water partition coefficient (Wildman–Crippen LogP) is 2.63. The van der Waals surface area contributed by atoms with Crippen LogP contribution in [0.15, 0.2) is 11.8 Å². The molecule has 0 bridgehead atoms. The Balaban J connectivity index is 1.83. The number of allylic oxidation sites excluding steroid dienone is 2. The third-order valence-corrected chi connectivity index (χ3v) is 4.43. The Morgan fingerprint density at radius 1 is 1.00 bits per heavy atom. The predicted molar refractivity (Wildman–Crippen MR) is 74.2 cm³/mol. The van der Waals surface area contributed by atoms with Gasteiger partial charge in [0, 0.05) is 37.8 Å². The van der Waals surface area contributed by atoms with Crippen LogP contribution in [0, 0.1) is 5.92 Å². The average Bonchev–Trinajstić information content (AvgIpc) is 2.47. The van der Waals surface area contributed by atoms with Crippen molar-refractivity contribution in [3.05, 3.63) is 11.8 Å².